The number of hydrogen-bond donors (Lipinski definition) is 3. The van der Waals surface area contributed by atoms with E-state index in [4.69, 9.17) is 20.8 Å². The number of fused-ring (bicyclic) bond motifs is 1. The number of nitrogens with one attached hydrogen (secondary N) is 1. The van der Waals surface area contributed by atoms with Crippen LogP contribution in [0.3, 0.4) is 0 Å². The molecule has 3 N–H and O–H groups in total. The standard InChI is InChI=1S/C12H17N2O4P/c1-14(2)7-6-9-8-13-10-4-3-5-11(12(9)10)18-19(15,16)17/h3-5,8,13H,6-7H2,1-2H3,(H2,15,16,17)/i1D3,2D3,6D2. The van der Waals surface area contributed by atoms with Crippen LogP contribution in [0.5, 0.6) is 5.75 Å². The van der Waals surface area contributed by atoms with Crippen molar-refractivity contribution >= 4 is 18.7 Å². The predicted molar refractivity (Wildman–Crippen MR) is 73.2 cm³/mol. The number of nitrogens with zero attached hydrogens (tertiary/aromatic N) is 1. The third kappa shape index (κ3) is 3.58. The van der Waals surface area contributed by atoms with E-state index in [2.05, 4.69) is 9.51 Å². The van der Waals surface area contributed by atoms with E-state index in [0.29, 0.717) is 0 Å². The molecule has 1 aromatic carbocycles. The topological polar surface area (TPSA) is 85.8 Å². The van der Waals surface area contributed by atoms with Crippen LogP contribution in [0.25, 0.3) is 10.9 Å². The van der Waals surface area contributed by atoms with Gasteiger partial charge in [0.2, 0.25) is 0 Å². The van der Waals surface area contributed by atoms with Crippen molar-refractivity contribution in [3.63, 3.8) is 0 Å². The number of benzene rings is 1. The molecule has 19 heavy (non-hydrogen) atoms. The Labute approximate surface area is 122 Å². The Morgan fingerprint density at radius 2 is 2.32 bits per heavy atom. The lowest BCUT2D eigenvalue weighted by molar-refractivity contribution is 0.284. The molecule has 7 heteroatoms. The second-order valence-electron chi connectivity index (χ2n) is 3.73. The quantitative estimate of drug-likeness (QED) is 0.731. The Hall–Kier alpha value is -1.33. The van der Waals surface area contributed by atoms with Crippen molar-refractivity contribution in [2.75, 3.05) is 20.5 Å². The van der Waals surface area contributed by atoms with Gasteiger partial charge in [-0.3, -0.25) is 9.79 Å². The van der Waals surface area contributed by atoms with E-state index in [0.717, 1.165) is 0 Å². The van der Waals surface area contributed by atoms with Crippen LogP contribution in [0, 0.1) is 0 Å². The molecule has 6 nitrogen and oxygen atoms in total. The normalized spacial score (nSPS) is 20.6. The summed E-state index contributed by atoms with van der Waals surface area (Å²) in [4.78, 5) is 20.9. The molecule has 2 rings (SSSR count). The van der Waals surface area contributed by atoms with E-state index in [1.807, 2.05) is 0 Å². The minimum absolute atomic E-state index is 0.0261. The van der Waals surface area contributed by atoms with Crippen LogP contribution in [0.1, 0.15) is 16.5 Å². The maximum atomic E-state index is 11.2. The van der Waals surface area contributed by atoms with E-state index in [1.165, 1.54) is 24.4 Å². The maximum absolute atomic E-state index is 11.2. The number of phosphoric acid groups is 1. The van der Waals surface area contributed by atoms with Crippen LogP contribution in [-0.4, -0.2) is 40.2 Å². The average Bonchev–Trinajstić information content (AvgIpc) is 2.87. The molecule has 0 unspecified atom stereocenters. The molecule has 0 fully saturated rings. The first-order valence-corrected chi connectivity index (χ1v) is 6.69. The van der Waals surface area contributed by atoms with Gasteiger partial charge >= 0.3 is 7.82 Å². The average molecular weight is 292 g/mol. The Morgan fingerprint density at radius 1 is 1.53 bits per heavy atom. The Balaban J connectivity index is 2.56. The number of aromatic nitrogens is 1. The first kappa shape index (κ1) is 6.90. The van der Waals surface area contributed by atoms with E-state index in [-0.39, 0.29) is 27.1 Å². The van der Waals surface area contributed by atoms with Crippen molar-refractivity contribution in [3.05, 3.63) is 30.0 Å². The van der Waals surface area contributed by atoms with Crippen molar-refractivity contribution in [1.82, 2.24) is 9.88 Å². The molecule has 0 radical (unpaired) electrons. The zero-order valence-electron chi connectivity index (χ0n) is 17.6. The first-order valence-electron chi connectivity index (χ1n) is 9.16. The monoisotopic (exact) mass is 292 g/mol. The van der Waals surface area contributed by atoms with Crippen molar-refractivity contribution in [3.8, 4) is 5.75 Å². The summed E-state index contributed by atoms with van der Waals surface area (Å²) in [6.45, 7) is -7.19. The summed E-state index contributed by atoms with van der Waals surface area (Å²) in [5.41, 5.74) is 0.0780. The number of H-pyrrole nitrogens is 1. The van der Waals surface area contributed by atoms with Crippen LogP contribution in [-0.2, 0) is 10.9 Å². The summed E-state index contributed by atoms with van der Waals surface area (Å²) in [5, 5.41) is -0.0261. The molecule has 0 spiro atoms. The zero-order chi connectivity index (χ0) is 20.8. The molecule has 0 aliphatic carbocycles. The Morgan fingerprint density at radius 3 is 3.00 bits per heavy atom. The molecule has 0 saturated carbocycles. The summed E-state index contributed by atoms with van der Waals surface area (Å²) < 4.78 is 76.5. The van der Waals surface area contributed by atoms with Gasteiger partial charge < -0.3 is 14.4 Å². The first-order chi connectivity index (χ1) is 12.0. The van der Waals surface area contributed by atoms with Gasteiger partial charge in [0, 0.05) is 34.6 Å². The molecule has 104 valence electrons. The second-order valence-corrected chi connectivity index (χ2v) is 4.89. The molecule has 0 amide bonds. The van der Waals surface area contributed by atoms with Gasteiger partial charge in [0.05, 0.1) is 0 Å². The summed E-state index contributed by atoms with van der Waals surface area (Å²) in [6.07, 6.45) is -1.33. The van der Waals surface area contributed by atoms with E-state index in [1.54, 1.807) is 0 Å². The number of aromatic amines is 1. The molecule has 2 aromatic rings. The predicted octanol–water partition coefficient (Wildman–Crippen LogP) is 1.74. The lowest BCUT2D eigenvalue weighted by atomic mass is 10.1. The fourth-order valence-electron chi connectivity index (χ4n) is 1.66. The summed E-state index contributed by atoms with van der Waals surface area (Å²) in [6, 6.07) is 4.12. The fourth-order valence-corrected chi connectivity index (χ4v) is 2.07. The van der Waals surface area contributed by atoms with Crippen molar-refractivity contribution in [1.29, 1.82) is 0 Å². The molecule has 0 aliphatic rings. The van der Waals surface area contributed by atoms with Gasteiger partial charge in [-0.25, -0.2) is 4.57 Å². The third-order valence-corrected chi connectivity index (χ3v) is 2.75. The van der Waals surface area contributed by atoms with Crippen LogP contribution < -0.4 is 4.52 Å². The largest absolute Gasteiger partial charge is 0.524 e. The smallest absolute Gasteiger partial charge is 0.404 e. The molecule has 0 bridgehead atoms. The summed E-state index contributed by atoms with van der Waals surface area (Å²) in [7, 11) is -4.95. The van der Waals surface area contributed by atoms with Crippen molar-refractivity contribution in [2.24, 2.45) is 0 Å². The Kier molecular flexibility index (Phi) is 1.94. The van der Waals surface area contributed by atoms with Crippen LogP contribution in [0.4, 0.5) is 0 Å². The highest BCUT2D eigenvalue weighted by Gasteiger charge is 2.19. The van der Waals surface area contributed by atoms with Crippen LogP contribution in [0.2, 0.25) is 0 Å². The summed E-state index contributed by atoms with van der Waals surface area (Å²) >= 11 is 0. The number of hydrogen-bond acceptors (Lipinski definition) is 3. The van der Waals surface area contributed by atoms with E-state index in [9.17, 15) is 4.57 Å². The number of phosphoric ester groups is 1. The fraction of sp³-hybridized carbons (Fsp3) is 0.333. The zero-order valence-corrected chi connectivity index (χ0v) is 10.5. The molecular weight excluding hydrogens is 267 g/mol. The van der Waals surface area contributed by atoms with Crippen molar-refractivity contribution in [2.45, 2.75) is 6.37 Å². The number of likely N-dealkylation sites (N-methyl/N-ethyl adjacent to an activating group) is 1. The molecule has 1 aromatic heterocycles. The molecule has 1 heterocycles. The molecular formula is C12H17N2O4P. The minimum Gasteiger partial charge on any atom is -0.404 e. The van der Waals surface area contributed by atoms with Gasteiger partial charge in [-0.2, -0.15) is 0 Å². The van der Waals surface area contributed by atoms with Crippen molar-refractivity contribution < 1.29 is 29.8 Å². The third-order valence-electron chi connectivity index (χ3n) is 2.31. The highest BCUT2D eigenvalue weighted by molar-refractivity contribution is 7.46. The van der Waals surface area contributed by atoms with Crippen LogP contribution >= 0.6 is 7.82 Å². The van der Waals surface area contributed by atoms with Gasteiger partial charge in [0.25, 0.3) is 0 Å². The molecule has 0 aliphatic heterocycles. The summed E-state index contributed by atoms with van der Waals surface area (Å²) in [5.74, 6) is -0.324. The second kappa shape index (κ2) is 5.35. The highest BCUT2D eigenvalue weighted by Crippen LogP contribution is 2.41. The van der Waals surface area contributed by atoms with Crippen LogP contribution in [0.15, 0.2) is 24.4 Å². The minimum atomic E-state index is -4.95. The lowest BCUT2D eigenvalue weighted by Gasteiger charge is -2.11. The highest BCUT2D eigenvalue weighted by atomic mass is 31.2. The van der Waals surface area contributed by atoms with Gasteiger partial charge in [-0.15, -0.1) is 0 Å². The SMILES string of the molecule is [2H]C([2H])(CN(C([2H])([2H])[2H])C([2H])([2H])[2H])c1c[nH]c2cccc(OP(=O)(O)O)c12. The van der Waals surface area contributed by atoms with E-state index >= 15 is 0 Å². The lowest BCUT2D eigenvalue weighted by Crippen LogP contribution is -2.14. The Bertz CT molecular complexity index is 858. The van der Waals surface area contributed by atoms with Gasteiger partial charge in [0.15, 0.2) is 0 Å². The van der Waals surface area contributed by atoms with Gasteiger partial charge in [0.1, 0.15) is 5.75 Å². The molecule has 0 saturated heterocycles. The number of rotatable bonds is 5. The molecule has 0 atom stereocenters. The van der Waals surface area contributed by atoms with Gasteiger partial charge in [-0.1, -0.05) is 6.07 Å². The van der Waals surface area contributed by atoms with E-state index < -0.39 is 34.7 Å². The maximum Gasteiger partial charge on any atom is 0.524 e. The van der Waals surface area contributed by atoms with Gasteiger partial charge in [-0.05, 0) is 38.0 Å².